The van der Waals surface area contributed by atoms with Gasteiger partial charge in [-0.3, -0.25) is 4.79 Å². The zero-order chi connectivity index (χ0) is 21.1. The number of anilines is 1. The molecule has 29 heavy (non-hydrogen) atoms. The molecule has 3 rings (SSSR count). The number of rotatable bonds is 5. The number of furan rings is 1. The number of carbonyl (C=O) groups excluding carboxylic acids is 3. The van der Waals surface area contributed by atoms with Crippen LogP contribution in [0.1, 0.15) is 56.5 Å². The van der Waals surface area contributed by atoms with E-state index in [-0.39, 0.29) is 18.6 Å². The maximum absolute atomic E-state index is 12.8. The average Bonchev–Trinajstić information content (AvgIpc) is 3.20. The van der Waals surface area contributed by atoms with Gasteiger partial charge in [0.15, 0.2) is 0 Å². The molecule has 2 aromatic heterocycles. The monoisotopic (exact) mass is 420 g/mol. The van der Waals surface area contributed by atoms with E-state index in [1.54, 1.807) is 38.7 Å². The Kier molecular flexibility index (Phi) is 6.26. The summed E-state index contributed by atoms with van der Waals surface area (Å²) in [6.07, 6.45) is 0.0951. The number of nitrogens with zero attached hydrogens (tertiary/aromatic N) is 1. The van der Waals surface area contributed by atoms with Crippen molar-refractivity contribution in [3.05, 3.63) is 39.2 Å². The number of ether oxygens (including phenoxy) is 2. The molecule has 0 unspecified atom stereocenters. The molecule has 2 amide bonds. The molecule has 0 saturated carbocycles. The molecule has 0 aliphatic carbocycles. The predicted molar refractivity (Wildman–Crippen MR) is 108 cm³/mol. The minimum Gasteiger partial charge on any atom is -0.466 e. The van der Waals surface area contributed by atoms with Crippen molar-refractivity contribution >= 4 is 34.3 Å². The Bertz CT molecular complexity index is 945. The number of thiophene rings is 1. The molecule has 8 nitrogen and oxygen atoms in total. The maximum atomic E-state index is 12.8. The van der Waals surface area contributed by atoms with Crippen LogP contribution in [0.2, 0.25) is 0 Å². The van der Waals surface area contributed by atoms with Crippen LogP contribution in [-0.4, -0.2) is 42.6 Å². The Labute approximate surface area is 172 Å². The summed E-state index contributed by atoms with van der Waals surface area (Å²) in [4.78, 5) is 39.9. The number of hydrogen-bond donors (Lipinski definition) is 1. The summed E-state index contributed by atoms with van der Waals surface area (Å²) < 4.78 is 15.7. The summed E-state index contributed by atoms with van der Waals surface area (Å²) in [5.41, 5.74) is 1.59. The predicted octanol–water partition coefficient (Wildman–Crippen LogP) is 3.90. The summed E-state index contributed by atoms with van der Waals surface area (Å²) in [5, 5.41) is 3.25. The van der Waals surface area contributed by atoms with Gasteiger partial charge in [-0.25, -0.2) is 9.59 Å². The van der Waals surface area contributed by atoms with Crippen LogP contribution in [0.15, 0.2) is 10.5 Å². The molecule has 0 atom stereocenters. The standard InChI is InChI=1S/C20H24N2O6S/c1-5-26-19(24)16-13-7-8-22(20(25)27-6-2)10-15(13)29-18(16)21-17(23)14-9-11(3)28-12(14)4/h9H,5-8,10H2,1-4H3,(H,21,23). The topological polar surface area (TPSA) is 98.1 Å². The van der Waals surface area contributed by atoms with E-state index in [0.29, 0.717) is 53.8 Å². The number of esters is 1. The van der Waals surface area contributed by atoms with Crippen LogP contribution in [0.5, 0.6) is 0 Å². The Morgan fingerprint density at radius 1 is 1.21 bits per heavy atom. The van der Waals surface area contributed by atoms with E-state index in [4.69, 9.17) is 13.9 Å². The van der Waals surface area contributed by atoms with Crippen molar-refractivity contribution in [3.8, 4) is 0 Å². The first kappa shape index (κ1) is 20.9. The third kappa shape index (κ3) is 4.29. The van der Waals surface area contributed by atoms with Crippen molar-refractivity contribution in [1.29, 1.82) is 0 Å². The Balaban J connectivity index is 1.92. The Hall–Kier alpha value is -2.81. The second-order valence-corrected chi connectivity index (χ2v) is 7.69. The maximum Gasteiger partial charge on any atom is 0.410 e. The van der Waals surface area contributed by atoms with Gasteiger partial charge in [0.1, 0.15) is 16.5 Å². The van der Waals surface area contributed by atoms with Crippen molar-refractivity contribution in [1.82, 2.24) is 4.90 Å². The molecular weight excluding hydrogens is 396 g/mol. The minimum absolute atomic E-state index is 0.228. The molecule has 0 aromatic carbocycles. The van der Waals surface area contributed by atoms with Gasteiger partial charge in [0.2, 0.25) is 0 Å². The number of amides is 2. The Morgan fingerprint density at radius 2 is 1.93 bits per heavy atom. The number of fused-ring (bicyclic) bond motifs is 1. The molecule has 0 radical (unpaired) electrons. The van der Waals surface area contributed by atoms with Gasteiger partial charge in [0.05, 0.1) is 30.9 Å². The van der Waals surface area contributed by atoms with Crippen molar-refractivity contribution in [2.24, 2.45) is 0 Å². The average molecular weight is 420 g/mol. The van der Waals surface area contributed by atoms with E-state index >= 15 is 0 Å². The van der Waals surface area contributed by atoms with E-state index < -0.39 is 5.97 Å². The fourth-order valence-electron chi connectivity index (χ4n) is 3.31. The number of hydrogen-bond acceptors (Lipinski definition) is 7. The van der Waals surface area contributed by atoms with Crippen molar-refractivity contribution in [2.45, 2.75) is 40.7 Å². The molecule has 0 fully saturated rings. The molecular formula is C20H24N2O6S. The third-order valence-corrected chi connectivity index (χ3v) is 5.71. The second kappa shape index (κ2) is 8.69. The van der Waals surface area contributed by atoms with Crippen molar-refractivity contribution in [3.63, 3.8) is 0 Å². The third-order valence-electron chi connectivity index (χ3n) is 4.58. The lowest BCUT2D eigenvalue weighted by Crippen LogP contribution is -2.36. The van der Waals surface area contributed by atoms with E-state index in [1.165, 1.54) is 11.3 Å². The lowest BCUT2D eigenvalue weighted by molar-refractivity contribution is 0.0526. The van der Waals surface area contributed by atoms with Gasteiger partial charge < -0.3 is 24.1 Å². The molecule has 9 heteroatoms. The zero-order valence-electron chi connectivity index (χ0n) is 16.9. The smallest absolute Gasteiger partial charge is 0.410 e. The van der Waals surface area contributed by atoms with Gasteiger partial charge in [-0.05, 0) is 45.7 Å². The van der Waals surface area contributed by atoms with Gasteiger partial charge in [0.25, 0.3) is 5.91 Å². The molecule has 0 bridgehead atoms. The van der Waals surface area contributed by atoms with Crippen LogP contribution in [0.25, 0.3) is 0 Å². The van der Waals surface area contributed by atoms with Crippen molar-refractivity contribution in [2.75, 3.05) is 25.1 Å². The first-order valence-corrected chi connectivity index (χ1v) is 10.3. The van der Waals surface area contributed by atoms with Crippen LogP contribution < -0.4 is 5.32 Å². The first-order valence-electron chi connectivity index (χ1n) is 9.47. The molecule has 3 heterocycles. The molecule has 1 aliphatic heterocycles. The summed E-state index contributed by atoms with van der Waals surface area (Å²) in [7, 11) is 0. The minimum atomic E-state index is -0.481. The fraction of sp³-hybridized carbons (Fsp3) is 0.450. The number of nitrogens with one attached hydrogen (secondary N) is 1. The van der Waals surface area contributed by atoms with Gasteiger partial charge in [-0.1, -0.05) is 0 Å². The fourth-order valence-corrected chi connectivity index (χ4v) is 4.55. The van der Waals surface area contributed by atoms with Crippen LogP contribution in [0.4, 0.5) is 9.80 Å². The quantitative estimate of drug-likeness (QED) is 0.737. The molecule has 1 N–H and O–H groups in total. The first-order chi connectivity index (χ1) is 13.8. The largest absolute Gasteiger partial charge is 0.466 e. The van der Waals surface area contributed by atoms with Crippen molar-refractivity contribution < 1.29 is 28.3 Å². The normalized spacial score (nSPS) is 13.0. The summed E-state index contributed by atoms with van der Waals surface area (Å²) >= 11 is 1.28. The van der Waals surface area contributed by atoms with Gasteiger partial charge in [0, 0.05) is 11.4 Å². The van der Waals surface area contributed by atoms with E-state index in [1.807, 2.05) is 0 Å². The molecule has 2 aromatic rings. The van der Waals surface area contributed by atoms with E-state index in [9.17, 15) is 14.4 Å². The molecule has 0 saturated heterocycles. The van der Waals surface area contributed by atoms with Crippen LogP contribution >= 0.6 is 11.3 Å². The van der Waals surface area contributed by atoms with Gasteiger partial charge >= 0.3 is 12.1 Å². The number of carbonyl (C=O) groups is 3. The van der Waals surface area contributed by atoms with Crippen LogP contribution in [-0.2, 0) is 22.4 Å². The van der Waals surface area contributed by atoms with E-state index in [0.717, 1.165) is 10.4 Å². The molecule has 1 aliphatic rings. The second-order valence-electron chi connectivity index (χ2n) is 6.58. The zero-order valence-corrected chi connectivity index (χ0v) is 17.7. The van der Waals surface area contributed by atoms with Gasteiger partial charge in [-0.2, -0.15) is 0 Å². The van der Waals surface area contributed by atoms with Crippen LogP contribution in [0.3, 0.4) is 0 Å². The highest BCUT2D eigenvalue weighted by molar-refractivity contribution is 7.17. The lowest BCUT2D eigenvalue weighted by atomic mass is 10.0. The highest BCUT2D eigenvalue weighted by Gasteiger charge is 2.31. The van der Waals surface area contributed by atoms with Gasteiger partial charge in [-0.15, -0.1) is 11.3 Å². The Morgan fingerprint density at radius 3 is 2.55 bits per heavy atom. The highest BCUT2D eigenvalue weighted by atomic mass is 32.1. The summed E-state index contributed by atoms with van der Waals surface area (Å²) in [6.45, 7) is 8.25. The SMILES string of the molecule is CCOC(=O)c1c(NC(=O)c2cc(C)oc2C)sc2c1CCN(C(=O)OCC)C2. The molecule has 0 spiro atoms. The van der Waals surface area contributed by atoms with Crippen LogP contribution in [0, 0.1) is 13.8 Å². The summed E-state index contributed by atoms with van der Waals surface area (Å²) in [6, 6.07) is 1.66. The molecule has 156 valence electrons. The highest BCUT2D eigenvalue weighted by Crippen LogP contribution is 2.38. The number of aryl methyl sites for hydroxylation is 2. The lowest BCUT2D eigenvalue weighted by Gasteiger charge is -2.26. The summed E-state index contributed by atoms with van der Waals surface area (Å²) in [5.74, 6) is 0.303. The van der Waals surface area contributed by atoms with E-state index in [2.05, 4.69) is 5.32 Å².